The summed E-state index contributed by atoms with van der Waals surface area (Å²) in [7, 11) is 0. The van der Waals surface area contributed by atoms with E-state index < -0.39 is 10.8 Å². The molecule has 2 nitrogen and oxygen atoms in total. The van der Waals surface area contributed by atoms with Crippen molar-refractivity contribution in [2.24, 2.45) is 10.8 Å². The molecule has 16 heavy (non-hydrogen) atoms. The highest BCUT2D eigenvalue weighted by Crippen LogP contribution is 2.51. The standard InChI is InChI=1S/C14H26O2/c1-7-13(8-2,11(5)15)14(9-3,10-4)12(6)16/h7-10H2,1-6H3. The number of ketones is 2. The van der Waals surface area contributed by atoms with Crippen LogP contribution in [0.2, 0.25) is 0 Å². The van der Waals surface area contributed by atoms with Crippen LogP contribution < -0.4 is 0 Å². The van der Waals surface area contributed by atoms with Crippen LogP contribution in [0.15, 0.2) is 0 Å². The summed E-state index contributed by atoms with van der Waals surface area (Å²) >= 11 is 0. The van der Waals surface area contributed by atoms with Crippen LogP contribution in [0.5, 0.6) is 0 Å². The molecule has 0 saturated carbocycles. The predicted octanol–water partition coefficient (Wildman–Crippen LogP) is 3.78. The first-order valence-electron chi connectivity index (χ1n) is 6.40. The molecular weight excluding hydrogens is 200 g/mol. The molecule has 0 aliphatic rings. The van der Waals surface area contributed by atoms with E-state index in [1.54, 1.807) is 13.8 Å². The Morgan fingerprint density at radius 3 is 0.938 bits per heavy atom. The van der Waals surface area contributed by atoms with Gasteiger partial charge >= 0.3 is 0 Å². The minimum absolute atomic E-state index is 0.163. The van der Waals surface area contributed by atoms with Gasteiger partial charge in [-0.05, 0) is 39.5 Å². The fourth-order valence-corrected chi connectivity index (χ4v) is 3.52. The Hall–Kier alpha value is -0.660. The number of carbonyl (C=O) groups excluding carboxylic acids is 2. The van der Waals surface area contributed by atoms with Gasteiger partial charge in [-0.25, -0.2) is 0 Å². The van der Waals surface area contributed by atoms with E-state index in [1.165, 1.54) is 0 Å². The molecule has 0 rings (SSSR count). The molecule has 94 valence electrons. The van der Waals surface area contributed by atoms with Crippen molar-refractivity contribution in [1.82, 2.24) is 0 Å². The quantitative estimate of drug-likeness (QED) is 0.662. The summed E-state index contributed by atoms with van der Waals surface area (Å²) in [5.74, 6) is 0.327. The second-order valence-electron chi connectivity index (χ2n) is 4.69. The smallest absolute Gasteiger partial charge is 0.136 e. The summed E-state index contributed by atoms with van der Waals surface area (Å²) in [5.41, 5.74) is -0.940. The summed E-state index contributed by atoms with van der Waals surface area (Å²) in [6.07, 6.45) is 3.00. The minimum Gasteiger partial charge on any atom is -0.299 e. The largest absolute Gasteiger partial charge is 0.299 e. The lowest BCUT2D eigenvalue weighted by Crippen LogP contribution is -2.50. The van der Waals surface area contributed by atoms with Gasteiger partial charge in [0.1, 0.15) is 11.6 Å². The van der Waals surface area contributed by atoms with E-state index in [9.17, 15) is 9.59 Å². The van der Waals surface area contributed by atoms with E-state index in [0.29, 0.717) is 0 Å². The first-order valence-corrected chi connectivity index (χ1v) is 6.40. The third kappa shape index (κ3) is 1.94. The minimum atomic E-state index is -0.470. The Labute approximate surface area is 99.8 Å². The average molecular weight is 226 g/mol. The van der Waals surface area contributed by atoms with Crippen molar-refractivity contribution in [3.05, 3.63) is 0 Å². The van der Waals surface area contributed by atoms with Crippen LogP contribution in [0.25, 0.3) is 0 Å². The van der Waals surface area contributed by atoms with E-state index in [0.717, 1.165) is 25.7 Å². The van der Waals surface area contributed by atoms with Crippen LogP contribution in [0.3, 0.4) is 0 Å². The summed E-state index contributed by atoms with van der Waals surface area (Å²) < 4.78 is 0. The van der Waals surface area contributed by atoms with Crippen molar-refractivity contribution in [2.75, 3.05) is 0 Å². The molecule has 2 heteroatoms. The van der Waals surface area contributed by atoms with E-state index in [1.807, 2.05) is 27.7 Å². The molecule has 0 unspecified atom stereocenters. The zero-order chi connectivity index (χ0) is 13.0. The summed E-state index contributed by atoms with van der Waals surface area (Å²) in [6.45, 7) is 11.4. The Balaban J connectivity index is 5.78. The number of Topliss-reactive ketones (excluding diaryl/α,β-unsaturated/α-hetero) is 2. The molecule has 0 bridgehead atoms. The molecule has 0 aromatic heterocycles. The molecule has 0 spiro atoms. The van der Waals surface area contributed by atoms with Crippen molar-refractivity contribution < 1.29 is 9.59 Å². The summed E-state index contributed by atoms with van der Waals surface area (Å²) in [6, 6.07) is 0. The number of carbonyl (C=O) groups is 2. The molecular formula is C14H26O2. The Kier molecular flexibility index (Phi) is 5.37. The molecule has 0 N–H and O–H groups in total. The number of hydrogen-bond acceptors (Lipinski definition) is 2. The van der Waals surface area contributed by atoms with Crippen molar-refractivity contribution in [3.63, 3.8) is 0 Å². The molecule has 0 aliphatic carbocycles. The molecule has 0 aliphatic heterocycles. The highest BCUT2D eigenvalue weighted by molar-refractivity contribution is 5.93. The van der Waals surface area contributed by atoms with Crippen molar-refractivity contribution in [3.8, 4) is 0 Å². The second-order valence-corrected chi connectivity index (χ2v) is 4.69. The van der Waals surface area contributed by atoms with Crippen molar-refractivity contribution in [1.29, 1.82) is 0 Å². The van der Waals surface area contributed by atoms with Crippen LogP contribution in [0.1, 0.15) is 67.2 Å². The maximum absolute atomic E-state index is 12.0. The topological polar surface area (TPSA) is 34.1 Å². The average Bonchev–Trinajstić information content (AvgIpc) is 2.25. The Morgan fingerprint density at radius 2 is 0.875 bits per heavy atom. The summed E-state index contributed by atoms with van der Waals surface area (Å²) in [5, 5.41) is 0. The lowest BCUT2D eigenvalue weighted by Gasteiger charge is -2.46. The third-order valence-corrected chi connectivity index (χ3v) is 4.68. The Morgan fingerprint density at radius 1 is 0.688 bits per heavy atom. The second kappa shape index (κ2) is 5.60. The maximum Gasteiger partial charge on any atom is 0.136 e. The number of rotatable bonds is 7. The van der Waals surface area contributed by atoms with Gasteiger partial charge in [-0.15, -0.1) is 0 Å². The van der Waals surface area contributed by atoms with Gasteiger partial charge in [-0.3, -0.25) is 9.59 Å². The van der Waals surface area contributed by atoms with Gasteiger partial charge in [0.15, 0.2) is 0 Å². The van der Waals surface area contributed by atoms with E-state index >= 15 is 0 Å². The van der Waals surface area contributed by atoms with Gasteiger partial charge in [0.2, 0.25) is 0 Å². The van der Waals surface area contributed by atoms with E-state index in [2.05, 4.69) is 0 Å². The van der Waals surface area contributed by atoms with Gasteiger partial charge in [0.05, 0.1) is 0 Å². The van der Waals surface area contributed by atoms with Crippen molar-refractivity contribution in [2.45, 2.75) is 67.2 Å². The fraction of sp³-hybridized carbons (Fsp3) is 0.857. The number of hydrogen-bond donors (Lipinski definition) is 0. The Bertz CT molecular complexity index is 230. The molecule has 0 aromatic rings. The predicted molar refractivity (Wildman–Crippen MR) is 67.4 cm³/mol. The fourth-order valence-electron chi connectivity index (χ4n) is 3.52. The highest BCUT2D eigenvalue weighted by atomic mass is 16.1. The molecule has 0 aromatic carbocycles. The summed E-state index contributed by atoms with van der Waals surface area (Å²) in [4.78, 5) is 24.1. The van der Waals surface area contributed by atoms with Gasteiger partial charge in [-0.1, -0.05) is 27.7 Å². The molecule has 0 fully saturated rings. The van der Waals surface area contributed by atoms with Gasteiger partial charge in [-0.2, -0.15) is 0 Å². The van der Waals surface area contributed by atoms with Gasteiger partial charge in [0.25, 0.3) is 0 Å². The third-order valence-electron chi connectivity index (χ3n) is 4.68. The lowest BCUT2D eigenvalue weighted by molar-refractivity contribution is -0.149. The molecule has 0 heterocycles. The molecule has 0 atom stereocenters. The zero-order valence-corrected chi connectivity index (χ0v) is 11.6. The lowest BCUT2D eigenvalue weighted by atomic mass is 9.54. The highest BCUT2D eigenvalue weighted by Gasteiger charge is 2.52. The normalized spacial score (nSPS) is 12.6. The van der Waals surface area contributed by atoms with Gasteiger partial charge < -0.3 is 0 Å². The maximum atomic E-state index is 12.0. The molecule has 0 amide bonds. The van der Waals surface area contributed by atoms with Gasteiger partial charge in [0, 0.05) is 10.8 Å². The monoisotopic (exact) mass is 226 g/mol. The first kappa shape index (κ1) is 15.3. The molecule has 0 saturated heterocycles. The van der Waals surface area contributed by atoms with Crippen LogP contribution >= 0.6 is 0 Å². The van der Waals surface area contributed by atoms with Crippen LogP contribution in [0, 0.1) is 10.8 Å². The SMILES string of the molecule is CCC(CC)(C(C)=O)C(CC)(CC)C(C)=O. The van der Waals surface area contributed by atoms with E-state index in [4.69, 9.17) is 0 Å². The van der Waals surface area contributed by atoms with Crippen LogP contribution in [-0.2, 0) is 9.59 Å². The van der Waals surface area contributed by atoms with E-state index in [-0.39, 0.29) is 11.6 Å². The van der Waals surface area contributed by atoms with Crippen LogP contribution in [0.4, 0.5) is 0 Å². The van der Waals surface area contributed by atoms with Crippen LogP contribution in [-0.4, -0.2) is 11.6 Å². The van der Waals surface area contributed by atoms with Crippen molar-refractivity contribution >= 4 is 11.6 Å². The first-order chi connectivity index (χ1) is 7.38. The molecule has 0 radical (unpaired) electrons. The zero-order valence-electron chi connectivity index (χ0n) is 11.6.